The Morgan fingerprint density at radius 2 is 2.33 bits per heavy atom. The number of nitrogens with two attached hydrogens (primary N) is 1. The summed E-state index contributed by atoms with van der Waals surface area (Å²) >= 11 is 0. The Morgan fingerprint density at radius 3 is 2.89 bits per heavy atom. The van der Waals surface area contributed by atoms with Crippen molar-refractivity contribution in [3.05, 3.63) is 12.2 Å². The van der Waals surface area contributed by atoms with E-state index in [4.69, 9.17) is 5.73 Å². The van der Waals surface area contributed by atoms with Crippen molar-refractivity contribution in [2.45, 2.75) is 39.2 Å². The standard InChI is InChI=1S/C12H23N5O/c1-3-10(6-7-13)4-5-12(18)14-8-11-15-9-17(2)16-11/h9-10H,3-8,13H2,1-2H3,(H,14,18). The highest BCUT2D eigenvalue weighted by molar-refractivity contribution is 5.75. The molecule has 1 atom stereocenters. The Labute approximate surface area is 108 Å². The number of hydrogen-bond acceptors (Lipinski definition) is 4. The van der Waals surface area contributed by atoms with Crippen LogP contribution in [0.25, 0.3) is 0 Å². The van der Waals surface area contributed by atoms with Crippen LogP contribution < -0.4 is 11.1 Å². The van der Waals surface area contributed by atoms with Crippen LogP contribution in [0.3, 0.4) is 0 Å². The molecule has 0 spiro atoms. The van der Waals surface area contributed by atoms with Crippen LogP contribution in [0, 0.1) is 5.92 Å². The predicted molar refractivity (Wildman–Crippen MR) is 69.5 cm³/mol. The number of aromatic nitrogens is 3. The number of nitrogens with one attached hydrogen (secondary N) is 1. The van der Waals surface area contributed by atoms with Crippen molar-refractivity contribution in [1.29, 1.82) is 0 Å². The van der Waals surface area contributed by atoms with Crippen LogP contribution in [-0.4, -0.2) is 27.2 Å². The van der Waals surface area contributed by atoms with Crippen LogP contribution in [0.2, 0.25) is 0 Å². The molecular weight excluding hydrogens is 230 g/mol. The van der Waals surface area contributed by atoms with E-state index >= 15 is 0 Å². The number of rotatable bonds is 8. The number of amides is 1. The smallest absolute Gasteiger partial charge is 0.220 e. The molecule has 1 aromatic rings. The molecule has 0 aliphatic rings. The number of carbonyl (C=O) groups excluding carboxylic acids is 1. The van der Waals surface area contributed by atoms with Gasteiger partial charge < -0.3 is 11.1 Å². The van der Waals surface area contributed by atoms with Gasteiger partial charge in [-0.2, -0.15) is 5.10 Å². The quantitative estimate of drug-likeness (QED) is 0.710. The van der Waals surface area contributed by atoms with Gasteiger partial charge in [0.05, 0.1) is 6.54 Å². The Bertz CT molecular complexity index is 363. The zero-order chi connectivity index (χ0) is 13.4. The van der Waals surface area contributed by atoms with Gasteiger partial charge >= 0.3 is 0 Å². The molecular formula is C12H23N5O. The minimum Gasteiger partial charge on any atom is -0.349 e. The van der Waals surface area contributed by atoms with E-state index < -0.39 is 0 Å². The molecule has 6 nitrogen and oxygen atoms in total. The number of aryl methyl sites for hydroxylation is 1. The highest BCUT2D eigenvalue weighted by Crippen LogP contribution is 2.14. The summed E-state index contributed by atoms with van der Waals surface area (Å²) in [5.41, 5.74) is 5.53. The molecule has 3 N–H and O–H groups in total. The van der Waals surface area contributed by atoms with Crippen LogP contribution in [0.15, 0.2) is 6.33 Å². The van der Waals surface area contributed by atoms with Crippen molar-refractivity contribution >= 4 is 5.91 Å². The largest absolute Gasteiger partial charge is 0.349 e. The first-order chi connectivity index (χ1) is 8.65. The topological polar surface area (TPSA) is 85.8 Å². The molecule has 0 radical (unpaired) electrons. The molecule has 1 unspecified atom stereocenters. The van der Waals surface area contributed by atoms with E-state index in [0.29, 0.717) is 31.3 Å². The van der Waals surface area contributed by atoms with Gasteiger partial charge in [-0.1, -0.05) is 13.3 Å². The van der Waals surface area contributed by atoms with Crippen molar-refractivity contribution in [1.82, 2.24) is 20.1 Å². The van der Waals surface area contributed by atoms with Crippen molar-refractivity contribution in [2.24, 2.45) is 18.7 Å². The van der Waals surface area contributed by atoms with Gasteiger partial charge in [-0.3, -0.25) is 9.48 Å². The second kappa shape index (κ2) is 7.81. The maximum Gasteiger partial charge on any atom is 0.220 e. The Morgan fingerprint density at radius 1 is 1.56 bits per heavy atom. The predicted octanol–water partition coefficient (Wildman–Crippen LogP) is 0.587. The summed E-state index contributed by atoms with van der Waals surface area (Å²) in [4.78, 5) is 15.7. The van der Waals surface area contributed by atoms with Gasteiger partial charge in [0, 0.05) is 13.5 Å². The van der Waals surface area contributed by atoms with Gasteiger partial charge in [0.1, 0.15) is 6.33 Å². The highest BCUT2D eigenvalue weighted by atomic mass is 16.1. The lowest BCUT2D eigenvalue weighted by Crippen LogP contribution is -2.24. The molecule has 0 bridgehead atoms. The van der Waals surface area contributed by atoms with Crippen LogP contribution in [0.4, 0.5) is 0 Å². The molecule has 1 heterocycles. The average Bonchev–Trinajstić information content (AvgIpc) is 2.77. The highest BCUT2D eigenvalue weighted by Gasteiger charge is 2.09. The lowest BCUT2D eigenvalue weighted by molar-refractivity contribution is -0.121. The molecule has 0 aromatic carbocycles. The summed E-state index contributed by atoms with van der Waals surface area (Å²) in [6.07, 6.45) is 5.13. The van der Waals surface area contributed by atoms with Crippen molar-refractivity contribution < 1.29 is 4.79 Å². The monoisotopic (exact) mass is 253 g/mol. The first-order valence-electron chi connectivity index (χ1n) is 6.47. The van der Waals surface area contributed by atoms with E-state index in [-0.39, 0.29) is 5.91 Å². The van der Waals surface area contributed by atoms with E-state index in [1.54, 1.807) is 18.1 Å². The summed E-state index contributed by atoms with van der Waals surface area (Å²) in [6, 6.07) is 0. The van der Waals surface area contributed by atoms with Crippen LogP contribution in [0.1, 0.15) is 38.4 Å². The normalized spacial score (nSPS) is 12.4. The number of nitrogens with zero attached hydrogens (tertiary/aromatic N) is 3. The summed E-state index contributed by atoms with van der Waals surface area (Å²) < 4.78 is 1.62. The second-order valence-corrected chi connectivity index (χ2v) is 4.50. The number of hydrogen-bond donors (Lipinski definition) is 2. The summed E-state index contributed by atoms with van der Waals surface area (Å²) in [6.45, 7) is 3.22. The first kappa shape index (κ1) is 14.6. The van der Waals surface area contributed by atoms with E-state index in [0.717, 1.165) is 19.3 Å². The molecule has 18 heavy (non-hydrogen) atoms. The van der Waals surface area contributed by atoms with Crippen molar-refractivity contribution in [2.75, 3.05) is 6.54 Å². The molecule has 6 heteroatoms. The minimum atomic E-state index is 0.0536. The fraction of sp³-hybridized carbons (Fsp3) is 0.750. The molecule has 1 aromatic heterocycles. The Kier molecular flexibility index (Phi) is 6.35. The van der Waals surface area contributed by atoms with Gasteiger partial charge in [0.2, 0.25) is 5.91 Å². The van der Waals surface area contributed by atoms with Crippen LogP contribution in [0.5, 0.6) is 0 Å². The lowest BCUT2D eigenvalue weighted by Gasteiger charge is -2.12. The summed E-state index contributed by atoms with van der Waals surface area (Å²) in [5, 5.41) is 6.92. The molecule has 0 aliphatic carbocycles. The molecule has 1 rings (SSSR count). The van der Waals surface area contributed by atoms with Crippen molar-refractivity contribution in [3.63, 3.8) is 0 Å². The van der Waals surface area contributed by atoms with E-state index in [1.807, 2.05) is 0 Å². The molecule has 0 aliphatic heterocycles. The van der Waals surface area contributed by atoms with Gasteiger partial charge in [0.15, 0.2) is 5.82 Å². The zero-order valence-corrected chi connectivity index (χ0v) is 11.2. The van der Waals surface area contributed by atoms with E-state index in [2.05, 4.69) is 22.3 Å². The Hall–Kier alpha value is -1.43. The molecule has 0 saturated heterocycles. The van der Waals surface area contributed by atoms with Gasteiger partial charge in [-0.15, -0.1) is 0 Å². The molecule has 1 amide bonds. The van der Waals surface area contributed by atoms with Gasteiger partial charge in [-0.25, -0.2) is 4.98 Å². The average molecular weight is 253 g/mol. The summed E-state index contributed by atoms with van der Waals surface area (Å²) in [7, 11) is 1.80. The Balaban J connectivity index is 2.21. The summed E-state index contributed by atoms with van der Waals surface area (Å²) in [5.74, 6) is 1.24. The molecule has 0 fully saturated rings. The third-order valence-electron chi connectivity index (χ3n) is 3.02. The maximum atomic E-state index is 11.6. The first-order valence-corrected chi connectivity index (χ1v) is 6.47. The third-order valence-corrected chi connectivity index (χ3v) is 3.02. The maximum absolute atomic E-state index is 11.6. The third kappa shape index (κ3) is 5.27. The SMILES string of the molecule is CCC(CCN)CCC(=O)NCc1ncn(C)n1. The van der Waals surface area contributed by atoms with Crippen LogP contribution in [-0.2, 0) is 18.4 Å². The fourth-order valence-electron chi connectivity index (χ4n) is 1.85. The van der Waals surface area contributed by atoms with Crippen molar-refractivity contribution in [3.8, 4) is 0 Å². The lowest BCUT2D eigenvalue weighted by atomic mass is 9.96. The molecule has 102 valence electrons. The van der Waals surface area contributed by atoms with Gasteiger partial charge in [0.25, 0.3) is 0 Å². The van der Waals surface area contributed by atoms with Gasteiger partial charge in [-0.05, 0) is 25.3 Å². The molecule has 0 saturated carbocycles. The second-order valence-electron chi connectivity index (χ2n) is 4.50. The van der Waals surface area contributed by atoms with E-state index in [1.165, 1.54) is 0 Å². The fourth-order valence-corrected chi connectivity index (χ4v) is 1.85. The van der Waals surface area contributed by atoms with E-state index in [9.17, 15) is 4.79 Å². The zero-order valence-electron chi connectivity index (χ0n) is 11.2. The minimum absolute atomic E-state index is 0.0536. The number of carbonyl (C=O) groups is 1. The van der Waals surface area contributed by atoms with Crippen LogP contribution >= 0.6 is 0 Å².